The SMILES string of the molecule is CCOc1cc(C(=S)NCc2ccco2)ccc1OCc1ccc(Cl)cc1. The molecule has 0 atom stereocenters. The van der Waals surface area contributed by atoms with Crippen LogP contribution in [0.4, 0.5) is 0 Å². The number of furan rings is 1. The molecule has 4 nitrogen and oxygen atoms in total. The van der Waals surface area contributed by atoms with Crippen LogP contribution >= 0.6 is 23.8 Å². The highest BCUT2D eigenvalue weighted by Crippen LogP contribution is 2.29. The molecule has 0 aliphatic rings. The summed E-state index contributed by atoms with van der Waals surface area (Å²) < 4.78 is 17.0. The van der Waals surface area contributed by atoms with Gasteiger partial charge in [0.15, 0.2) is 11.5 Å². The van der Waals surface area contributed by atoms with Gasteiger partial charge in [-0.25, -0.2) is 0 Å². The van der Waals surface area contributed by atoms with Gasteiger partial charge in [0, 0.05) is 10.6 Å². The molecule has 1 aromatic heterocycles. The maximum absolute atomic E-state index is 5.92. The zero-order valence-electron chi connectivity index (χ0n) is 14.9. The first-order valence-corrected chi connectivity index (χ1v) is 9.39. The maximum Gasteiger partial charge on any atom is 0.161 e. The molecule has 3 rings (SSSR count). The summed E-state index contributed by atoms with van der Waals surface area (Å²) in [5.41, 5.74) is 1.89. The Morgan fingerprint density at radius 2 is 1.89 bits per heavy atom. The lowest BCUT2D eigenvalue weighted by Crippen LogP contribution is -2.21. The van der Waals surface area contributed by atoms with Gasteiger partial charge in [0.1, 0.15) is 17.4 Å². The standard InChI is InChI=1S/C21H20ClNO3S/c1-2-24-20-12-16(21(27)23-13-18-4-3-11-25-18)7-10-19(20)26-14-15-5-8-17(22)9-6-15/h3-12H,2,13-14H2,1H3,(H,23,27). The van der Waals surface area contributed by atoms with Crippen molar-refractivity contribution in [3.05, 3.63) is 82.8 Å². The Morgan fingerprint density at radius 1 is 1.07 bits per heavy atom. The van der Waals surface area contributed by atoms with Crippen molar-refractivity contribution in [1.82, 2.24) is 5.32 Å². The van der Waals surface area contributed by atoms with Gasteiger partial charge in [-0.3, -0.25) is 0 Å². The molecule has 0 spiro atoms. The van der Waals surface area contributed by atoms with Crippen LogP contribution in [0.15, 0.2) is 65.3 Å². The van der Waals surface area contributed by atoms with Crippen molar-refractivity contribution in [3.63, 3.8) is 0 Å². The van der Waals surface area contributed by atoms with Crippen LogP contribution in [0.3, 0.4) is 0 Å². The molecule has 0 amide bonds. The second kappa shape index (κ2) is 9.44. The summed E-state index contributed by atoms with van der Waals surface area (Å²) in [6.07, 6.45) is 1.64. The molecule has 0 saturated carbocycles. The lowest BCUT2D eigenvalue weighted by molar-refractivity contribution is 0.269. The molecule has 2 aromatic carbocycles. The van der Waals surface area contributed by atoms with Gasteiger partial charge >= 0.3 is 0 Å². The molecule has 0 aliphatic carbocycles. The van der Waals surface area contributed by atoms with Crippen LogP contribution in [0.25, 0.3) is 0 Å². The molecule has 0 unspecified atom stereocenters. The number of hydrogen-bond donors (Lipinski definition) is 1. The molecule has 140 valence electrons. The van der Waals surface area contributed by atoms with Crippen molar-refractivity contribution in [2.45, 2.75) is 20.1 Å². The van der Waals surface area contributed by atoms with Crippen LogP contribution < -0.4 is 14.8 Å². The van der Waals surface area contributed by atoms with Gasteiger partial charge in [0.2, 0.25) is 0 Å². The van der Waals surface area contributed by atoms with Gasteiger partial charge in [0.25, 0.3) is 0 Å². The summed E-state index contributed by atoms with van der Waals surface area (Å²) in [5.74, 6) is 2.15. The minimum atomic E-state index is 0.428. The summed E-state index contributed by atoms with van der Waals surface area (Å²) in [7, 11) is 0. The van der Waals surface area contributed by atoms with Crippen LogP contribution in [-0.2, 0) is 13.2 Å². The van der Waals surface area contributed by atoms with E-state index in [-0.39, 0.29) is 0 Å². The van der Waals surface area contributed by atoms with Crippen molar-refractivity contribution in [3.8, 4) is 11.5 Å². The Bertz CT molecular complexity index is 879. The van der Waals surface area contributed by atoms with E-state index < -0.39 is 0 Å². The molecular weight excluding hydrogens is 382 g/mol. The molecule has 1 N–H and O–H groups in total. The highest BCUT2D eigenvalue weighted by atomic mass is 35.5. The molecule has 0 saturated heterocycles. The predicted molar refractivity (Wildman–Crippen MR) is 111 cm³/mol. The highest BCUT2D eigenvalue weighted by molar-refractivity contribution is 7.80. The summed E-state index contributed by atoms with van der Waals surface area (Å²) >= 11 is 11.4. The van der Waals surface area contributed by atoms with Crippen LogP contribution in [0.5, 0.6) is 11.5 Å². The van der Waals surface area contributed by atoms with E-state index in [9.17, 15) is 0 Å². The third kappa shape index (κ3) is 5.49. The summed E-state index contributed by atoms with van der Waals surface area (Å²) in [4.78, 5) is 0.622. The Labute approximate surface area is 169 Å². The smallest absolute Gasteiger partial charge is 0.161 e. The van der Waals surface area contributed by atoms with E-state index in [2.05, 4.69) is 5.32 Å². The van der Waals surface area contributed by atoms with Crippen molar-refractivity contribution >= 4 is 28.8 Å². The first-order valence-electron chi connectivity index (χ1n) is 8.60. The van der Waals surface area contributed by atoms with E-state index in [1.165, 1.54) is 0 Å². The third-order valence-corrected chi connectivity index (χ3v) is 4.45. The van der Waals surface area contributed by atoms with Gasteiger partial charge in [-0.15, -0.1) is 0 Å². The summed E-state index contributed by atoms with van der Waals surface area (Å²) in [6, 6.07) is 17.0. The minimum Gasteiger partial charge on any atom is -0.490 e. The summed E-state index contributed by atoms with van der Waals surface area (Å²) in [5, 5.41) is 3.88. The van der Waals surface area contributed by atoms with Crippen LogP contribution in [0, 0.1) is 0 Å². The van der Waals surface area contributed by atoms with Gasteiger partial charge in [-0.1, -0.05) is 36.0 Å². The minimum absolute atomic E-state index is 0.428. The first kappa shape index (κ1) is 19.3. The fraction of sp³-hybridized carbons (Fsp3) is 0.190. The van der Waals surface area contributed by atoms with Crippen molar-refractivity contribution in [2.75, 3.05) is 6.61 Å². The number of thiocarbonyl (C=S) groups is 1. The number of rotatable bonds is 8. The second-order valence-corrected chi connectivity index (χ2v) is 6.62. The second-order valence-electron chi connectivity index (χ2n) is 5.77. The molecule has 0 aliphatic heterocycles. The molecule has 0 radical (unpaired) electrons. The largest absolute Gasteiger partial charge is 0.490 e. The zero-order valence-corrected chi connectivity index (χ0v) is 16.5. The fourth-order valence-corrected chi connectivity index (χ4v) is 2.79. The van der Waals surface area contributed by atoms with E-state index in [0.717, 1.165) is 16.9 Å². The molecule has 3 aromatic rings. The Morgan fingerprint density at radius 3 is 2.59 bits per heavy atom. The van der Waals surface area contributed by atoms with Crippen LogP contribution in [-0.4, -0.2) is 11.6 Å². The highest BCUT2D eigenvalue weighted by Gasteiger charge is 2.10. The number of benzene rings is 2. The Balaban J connectivity index is 1.67. The molecule has 0 bridgehead atoms. The number of nitrogens with one attached hydrogen (secondary N) is 1. The molecule has 1 heterocycles. The lowest BCUT2D eigenvalue weighted by atomic mass is 10.2. The van der Waals surface area contributed by atoms with E-state index in [1.807, 2.05) is 61.5 Å². The number of hydrogen-bond acceptors (Lipinski definition) is 4. The van der Waals surface area contributed by atoms with Crippen molar-refractivity contribution < 1.29 is 13.9 Å². The van der Waals surface area contributed by atoms with E-state index in [1.54, 1.807) is 6.26 Å². The van der Waals surface area contributed by atoms with Gasteiger partial charge in [0.05, 0.1) is 19.4 Å². The lowest BCUT2D eigenvalue weighted by Gasteiger charge is -2.14. The van der Waals surface area contributed by atoms with Crippen LogP contribution in [0.1, 0.15) is 23.8 Å². The van der Waals surface area contributed by atoms with Crippen LogP contribution in [0.2, 0.25) is 5.02 Å². The third-order valence-electron chi connectivity index (χ3n) is 3.82. The molecule has 0 fully saturated rings. The van der Waals surface area contributed by atoms with Gasteiger partial charge in [-0.2, -0.15) is 0 Å². The van der Waals surface area contributed by atoms with Crippen molar-refractivity contribution in [1.29, 1.82) is 0 Å². The quantitative estimate of drug-likeness (QED) is 0.513. The number of ether oxygens (including phenoxy) is 2. The van der Waals surface area contributed by atoms with Crippen molar-refractivity contribution in [2.24, 2.45) is 0 Å². The Hall–Kier alpha value is -2.50. The maximum atomic E-state index is 5.92. The monoisotopic (exact) mass is 401 g/mol. The topological polar surface area (TPSA) is 43.6 Å². The van der Waals surface area contributed by atoms with Gasteiger partial charge < -0.3 is 19.2 Å². The average molecular weight is 402 g/mol. The van der Waals surface area contributed by atoms with E-state index in [4.69, 9.17) is 37.7 Å². The number of halogens is 1. The summed E-state index contributed by atoms with van der Waals surface area (Å²) in [6.45, 7) is 3.43. The normalized spacial score (nSPS) is 10.4. The van der Waals surface area contributed by atoms with E-state index in [0.29, 0.717) is 41.3 Å². The predicted octanol–water partition coefficient (Wildman–Crippen LogP) is 5.38. The molecule has 27 heavy (non-hydrogen) atoms. The fourth-order valence-electron chi connectivity index (χ4n) is 2.46. The Kier molecular flexibility index (Phi) is 6.74. The van der Waals surface area contributed by atoms with Gasteiger partial charge in [-0.05, 0) is 55.0 Å². The molecular formula is C21H20ClNO3S. The van der Waals surface area contributed by atoms with E-state index >= 15 is 0 Å². The zero-order chi connectivity index (χ0) is 19.1. The molecule has 6 heteroatoms. The average Bonchev–Trinajstić information content (AvgIpc) is 3.20. The first-order chi connectivity index (χ1) is 13.2.